The topological polar surface area (TPSA) is 114 Å². The van der Waals surface area contributed by atoms with Crippen LogP contribution in [0.5, 0.6) is 0 Å². The summed E-state index contributed by atoms with van der Waals surface area (Å²) in [5.41, 5.74) is 7.10. The van der Waals surface area contributed by atoms with Crippen LogP contribution >= 0.6 is 0 Å². The predicted octanol–water partition coefficient (Wildman–Crippen LogP) is 0.235. The van der Waals surface area contributed by atoms with Gasteiger partial charge in [0.2, 0.25) is 18.1 Å². The van der Waals surface area contributed by atoms with Gasteiger partial charge in [0.25, 0.3) is 0 Å². The van der Waals surface area contributed by atoms with Gasteiger partial charge in [-0.3, -0.25) is 4.90 Å². The van der Waals surface area contributed by atoms with Crippen LogP contribution in [0.4, 0.5) is 17.6 Å². The van der Waals surface area contributed by atoms with Crippen LogP contribution in [-0.2, 0) is 0 Å². The number of anilines is 3. The average molecular weight is 245 g/mol. The van der Waals surface area contributed by atoms with Crippen molar-refractivity contribution in [2.45, 2.75) is 6.92 Å². The molecule has 0 unspecified atom stereocenters. The highest BCUT2D eigenvalue weighted by molar-refractivity contribution is 5.82. The summed E-state index contributed by atoms with van der Waals surface area (Å²) in [7, 11) is 0. The molecule has 0 saturated heterocycles. The first kappa shape index (κ1) is 10.5. The van der Waals surface area contributed by atoms with E-state index in [0.29, 0.717) is 29.5 Å². The second-order valence-corrected chi connectivity index (χ2v) is 3.74. The Hall–Kier alpha value is -2.64. The summed E-state index contributed by atoms with van der Waals surface area (Å²) in [6.07, 6.45) is 5.12. The fraction of sp³-hybridized carbons (Fsp3) is 0.200. The molecule has 0 atom stereocenters. The highest BCUT2D eigenvalue weighted by Crippen LogP contribution is 2.22. The lowest BCUT2D eigenvalue weighted by molar-refractivity contribution is -0.375. The summed E-state index contributed by atoms with van der Waals surface area (Å²) < 4.78 is 0. The Morgan fingerprint density at radius 3 is 3.00 bits per heavy atom. The van der Waals surface area contributed by atoms with E-state index in [0.717, 1.165) is 5.82 Å². The van der Waals surface area contributed by atoms with Gasteiger partial charge in [-0.05, 0) is 6.92 Å². The maximum absolute atomic E-state index is 5.88. The molecule has 0 radical (unpaired) electrons. The second-order valence-electron chi connectivity index (χ2n) is 3.74. The fourth-order valence-electron chi connectivity index (χ4n) is 1.82. The zero-order chi connectivity index (χ0) is 12.5. The van der Waals surface area contributed by atoms with Gasteiger partial charge in [0.05, 0.1) is 6.33 Å². The number of H-pyrrole nitrogens is 3. The third-order valence-electron chi connectivity index (χ3n) is 2.67. The Morgan fingerprint density at radius 2 is 2.28 bits per heavy atom. The zero-order valence-corrected chi connectivity index (χ0v) is 9.81. The summed E-state index contributed by atoms with van der Waals surface area (Å²) in [5, 5.41) is 0. The quantitative estimate of drug-likeness (QED) is 0.611. The molecular formula is C10H13N8+. The maximum Gasteiger partial charge on any atom is 0.241 e. The lowest BCUT2D eigenvalue weighted by Gasteiger charge is -2.15. The molecule has 0 saturated carbocycles. The standard InChI is InChI=1S/C10H12N8/c1-2-18(6-3-12-4-13-6)10-16-8(11)7-9(17-10)15-5-14-7/h3-5H,2H2,1H3,(H,12,13)(H3,11,14,15,16,17)/p+1. The van der Waals surface area contributed by atoms with Gasteiger partial charge >= 0.3 is 0 Å². The van der Waals surface area contributed by atoms with Crippen LogP contribution in [0.15, 0.2) is 18.9 Å². The van der Waals surface area contributed by atoms with Crippen LogP contribution in [0.2, 0.25) is 0 Å². The first-order chi connectivity index (χ1) is 8.79. The summed E-state index contributed by atoms with van der Waals surface area (Å²) in [4.78, 5) is 23.6. The summed E-state index contributed by atoms with van der Waals surface area (Å²) >= 11 is 0. The van der Waals surface area contributed by atoms with E-state index in [4.69, 9.17) is 5.73 Å². The molecular weight excluding hydrogens is 232 g/mol. The van der Waals surface area contributed by atoms with Gasteiger partial charge in [0, 0.05) is 6.54 Å². The van der Waals surface area contributed by atoms with Crippen LogP contribution in [0.3, 0.4) is 0 Å². The van der Waals surface area contributed by atoms with Crippen molar-refractivity contribution >= 4 is 28.7 Å². The number of hydrogen-bond acceptors (Lipinski definition) is 5. The Kier molecular flexibility index (Phi) is 2.33. The molecule has 92 valence electrons. The van der Waals surface area contributed by atoms with E-state index >= 15 is 0 Å². The number of rotatable bonds is 3. The Balaban J connectivity index is 2.12. The van der Waals surface area contributed by atoms with E-state index in [-0.39, 0.29) is 0 Å². The lowest BCUT2D eigenvalue weighted by atomic mass is 10.5. The highest BCUT2D eigenvalue weighted by atomic mass is 15.3. The van der Waals surface area contributed by atoms with E-state index in [9.17, 15) is 0 Å². The van der Waals surface area contributed by atoms with Crippen LogP contribution in [-0.4, -0.2) is 31.5 Å². The van der Waals surface area contributed by atoms with Gasteiger partial charge in [0.15, 0.2) is 17.7 Å². The molecule has 0 spiro atoms. The smallest absolute Gasteiger partial charge is 0.241 e. The Bertz CT molecular complexity index is 656. The molecule has 8 heteroatoms. The number of fused-ring (bicyclic) bond motifs is 1. The molecule has 0 aliphatic heterocycles. The molecule has 3 aromatic rings. The molecule has 0 amide bonds. The molecule has 0 aliphatic carbocycles. The van der Waals surface area contributed by atoms with Gasteiger partial charge in [-0.15, -0.1) is 0 Å². The van der Waals surface area contributed by atoms with Crippen molar-refractivity contribution in [3.05, 3.63) is 18.9 Å². The fourth-order valence-corrected chi connectivity index (χ4v) is 1.82. The largest absolute Gasteiger partial charge is 0.382 e. The van der Waals surface area contributed by atoms with E-state index in [1.807, 2.05) is 18.0 Å². The summed E-state index contributed by atoms with van der Waals surface area (Å²) in [6, 6.07) is 0. The normalized spacial score (nSPS) is 10.9. The average Bonchev–Trinajstić information content (AvgIpc) is 3.00. The van der Waals surface area contributed by atoms with Gasteiger partial charge in [0.1, 0.15) is 5.52 Å². The number of nitrogens with one attached hydrogen (secondary N) is 3. The molecule has 0 aromatic carbocycles. The van der Waals surface area contributed by atoms with E-state index in [2.05, 4.69) is 29.9 Å². The molecule has 3 rings (SSSR count). The maximum atomic E-state index is 5.88. The van der Waals surface area contributed by atoms with Crippen molar-refractivity contribution in [3.8, 4) is 0 Å². The van der Waals surface area contributed by atoms with E-state index < -0.39 is 0 Å². The molecule has 8 nitrogen and oxygen atoms in total. The zero-order valence-electron chi connectivity index (χ0n) is 9.81. The number of imidazole rings is 2. The Morgan fingerprint density at radius 1 is 1.39 bits per heavy atom. The van der Waals surface area contributed by atoms with Crippen molar-refractivity contribution in [1.82, 2.24) is 24.9 Å². The van der Waals surface area contributed by atoms with Crippen molar-refractivity contribution in [2.24, 2.45) is 0 Å². The number of nitrogen functional groups attached to an aromatic ring is 1. The van der Waals surface area contributed by atoms with Crippen molar-refractivity contribution in [2.75, 3.05) is 17.2 Å². The minimum Gasteiger partial charge on any atom is -0.382 e. The number of hydrogen-bond donors (Lipinski definition) is 3. The lowest BCUT2D eigenvalue weighted by Crippen LogP contribution is -2.20. The number of aromatic nitrogens is 6. The molecule has 5 N–H and O–H groups in total. The van der Waals surface area contributed by atoms with Crippen molar-refractivity contribution in [1.29, 1.82) is 0 Å². The number of aromatic amines is 3. The van der Waals surface area contributed by atoms with E-state index in [1.165, 1.54) is 0 Å². The molecule has 0 aliphatic rings. The Labute approximate surface area is 102 Å². The van der Waals surface area contributed by atoms with Gasteiger partial charge in [-0.2, -0.15) is 9.97 Å². The third kappa shape index (κ3) is 1.54. The van der Waals surface area contributed by atoms with Gasteiger partial charge < -0.3 is 10.7 Å². The molecule has 3 aromatic heterocycles. The molecule has 0 fully saturated rings. The first-order valence-corrected chi connectivity index (χ1v) is 5.58. The van der Waals surface area contributed by atoms with Gasteiger partial charge in [-0.25, -0.2) is 15.0 Å². The second kappa shape index (κ2) is 3.99. The highest BCUT2D eigenvalue weighted by Gasteiger charge is 2.17. The molecule has 18 heavy (non-hydrogen) atoms. The van der Waals surface area contributed by atoms with Crippen LogP contribution in [0.1, 0.15) is 6.92 Å². The van der Waals surface area contributed by atoms with Gasteiger partial charge in [-0.1, -0.05) is 0 Å². The number of nitrogens with zero attached hydrogens (tertiary/aromatic N) is 4. The van der Waals surface area contributed by atoms with Crippen molar-refractivity contribution < 1.29 is 4.98 Å². The predicted molar refractivity (Wildman–Crippen MR) is 66.1 cm³/mol. The molecule has 3 heterocycles. The van der Waals surface area contributed by atoms with Crippen LogP contribution in [0, 0.1) is 0 Å². The van der Waals surface area contributed by atoms with Crippen molar-refractivity contribution in [3.63, 3.8) is 0 Å². The monoisotopic (exact) mass is 245 g/mol. The summed E-state index contributed by atoms with van der Waals surface area (Å²) in [5.74, 6) is 1.78. The minimum absolute atomic E-state index is 0.390. The van der Waals surface area contributed by atoms with Crippen LogP contribution in [0.25, 0.3) is 11.2 Å². The SMILES string of the molecule is CCN(c1nc(N)c2[nH]cnc2n1)c1c[nH+]c[nH]1. The number of nitrogens with two attached hydrogens (primary N) is 1. The third-order valence-corrected chi connectivity index (χ3v) is 2.67. The molecule has 0 bridgehead atoms. The van der Waals surface area contributed by atoms with Crippen LogP contribution < -0.4 is 15.6 Å². The summed E-state index contributed by atoms with van der Waals surface area (Å²) in [6.45, 7) is 2.72. The minimum atomic E-state index is 0.390. The first-order valence-electron chi connectivity index (χ1n) is 5.58. The van der Waals surface area contributed by atoms with E-state index in [1.54, 1.807) is 12.7 Å².